The maximum absolute atomic E-state index is 11.5. The maximum Gasteiger partial charge on any atom is 0.212 e. The molecule has 1 heterocycles. The van der Waals surface area contributed by atoms with Crippen molar-refractivity contribution >= 4 is 12.1 Å². The van der Waals surface area contributed by atoms with Gasteiger partial charge in [0, 0.05) is 12.2 Å². The van der Waals surface area contributed by atoms with Crippen molar-refractivity contribution in [2.24, 2.45) is 0 Å². The van der Waals surface area contributed by atoms with E-state index in [-0.39, 0.29) is 17.4 Å². The summed E-state index contributed by atoms with van der Waals surface area (Å²) in [5.74, 6) is -0.370. The first-order valence-electron chi connectivity index (χ1n) is 6.07. The van der Waals surface area contributed by atoms with Crippen molar-refractivity contribution < 1.29 is 9.59 Å². The van der Waals surface area contributed by atoms with Gasteiger partial charge in [0.2, 0.25) is 5.78 Å². The molecule has 2 unspecified atom stereocenters. The molecule has 0 amide bonds. The Labute approximate surface area is 107 Å². The number of carbonyl (C=O) groups excluding carboxylic acids is 2. The van der Waals surface area contributed by atoms with Crippen molar-refractivity contribution in [3.8, 4) is 0 Å². The third-order valence-electron chi connectivity index (χ3n) is 3.87. The third kappa shape index (κ3) is 2.21. The van der Waals surface area contributed by atoms with Crippen molar-refractivity contribution in [1.82, 2.24) is 10.2 Å². The quantitative estimate of drug-likeness (QED) is 0.636. The highest BCUT2D eigenvalue weighted by atomic mass is 16.2. The smallest absolute Gasteiger partial charge is 0.212 e. The van der Waals surface area contributed by atoms with Crippen molar-refractivity contribution in [3.63, 3.8) is 0 Å². The topological polar surface area (TPSA) is 49.4 Å². The first kappa shape index (κ1) is 12.9. The minimum absolute atomic E-state index is 0.226. The van der Waals surface area contributed by atoms with E-state index >= 15 is 0 Å². The summed E-state index contributed by atoms with van der Waals surface area (Å²) in [7, 11) is 2.02. The van der Waals surface area contributed by atoms with E-state index in [0.29, 0.717) is 19.4 Å². The lowest BCUT2D eigenvalue weighted by atomic mass is 9.82. The molecule has 4 heteroatoms. The number of Topliss-reactive ketones (excluding diaryl/α,β-unsaturated/α-hetero) is 1. The summed E-state index contributed by atoms with van der Waals surface area (Å²) in [6.45, 7) is 2.70. The average Bonchev–Trinajstić information content (AvgIpc) is 2.42. The Bertz CT molecular complexity index is 446. The largest absolute Gasteiger partial charge is 0.295 e. The lowest BCUT2D eigenvalue weighted by molar-refractivity contribution is -0.133. The van der Waals surface area contributed by atoms with Crippen LogP contribution in [-0.4, -0.2) is 36.7 Å². The van der Waals surface area contributed by atoms with Gasteiger partial charge in [0.25, 0.3) is 0 Å². The zero-order valence-electron chi connectivity index (χ0n) is 10.7. The number of hydrogen-bond donors (Lipinski definition) is 1. The second-order valence-corrected chi connectivity index (χ2v) is 4.98. The van der Waals surface area contributed by atoms with E-state index < -0.39 is 0 Å². The number of hydrogen-bond acceptors (Lipinski definition) is 4. The highest BCUT2D eigenvalue weighted by Crippen LogP contribution is 2.34. The molecule has 1 fully saturated rings. The Kier molecular flexibility index (Phi) is 3.59. The fourth-order valence-corrected chi connectivity index (χ4v) is 2.47. The highest BCUT2D eigenvalue weighted by molar-refractivity contribution is 6.27. The van der Waals surface area contributed by atoms with Crippen molar-refractivity contribution in [2.75, 3.05) is 13.7 Å². The minimum atomic E-state index is -0.385. The minimum Gasteiger partial charge on any atom is -0.295 e. The van der Waals surface area contributed by atoms with Gasteiger partial charge in [-0.25, -0.2) is 0 Å². The molecule has 96 valence electrons. The average molecular weight is 246 g/mol. The van der Waals surface area contributed by atoms with E-state index in [2.05, 4.69) is 29.3 Å². The fraction of sp³-hybridized carbons (Fsp3) is 0.429. The monoisotopic (exact) mass is 246 g/mol. The molecular formula is C14H18N2O2. The van der Waals surface area contributed by atoms with E-state index in [1.807, 2.05) is 25.2 Å². The van der Waals surface area contributed by atoms with Gasteiger partial charge < -0.3 is 0 Å². The number of aldehydes is 1. The molecule has 0 saturated carbocycles. The fourth-order valence-electron chi connectivity index (χ4n) is 2.47. The SMILES string of the molecule is CN1CNC(C(=O)C=O)CC1(C)c1ccccc1. The molecule has 1 aromatic rings. The Morgan fingerprint density at radius 3 is 2.72 bits per heavy atom. The second-order valence-electron chi connectivity index (χ2n) is 4.98. The van der Waals surface area contributed by atoms with Crippen LogP contribution in [0.4, 0.5) is 0 Å². The predicted molar refractivity (Wildman–Crippen MR) is 69.0 cm³/mol. The molecule has 18 heavy (non-hydrogen) atoms. The van der Waals surface area contributed by atoms with Crippen LogP contribution in [0.25, 0.3) is 0 Å². The van der Waals surface area contributed by atoms with Gasteiger partial charge in [0.1, 0.15) is 0 Å². The molecule has 4 nitrogen and oxygen atoms in total. The van der Waals surface area contributed by atoms with E-state index in [9.17, 15) is 9.59 Å². The van der Waals surface area contributed by atoms with Gasteiger partial charge in [-0.1, -0.05) is 30.3 Å². The Morgan fingerprint density at radius 1 is 1.44 bits per heavy atom. The lowest BCUT2D eigenvalue weighted by Gasteiger charge is -2.46. The molecule has 0 bridgehead atoms. The molecule has 0 spiro atoms. The normalized spacial score (nSPS) is 28.9. The van der Waals surface area contributed by atoms with E-state index in [0.717, 1.165) is 5.56 Å². The Balaban J connectivity index is 2.29. The zero-order valence-corrected chi connectivity index (χ0v) is 10.7. The summed E-state index contributed by atoms with van der Waals surface area (Å²) in [4.78, 5) is 24.3. The second kappa shape index (κ2) is 5.00. The lowest BCUT2D eigenvalue weighted by Crippen LogP contribution is -2.58. The van der Waals surface area contributed by atoms with Crippen molar-refractivity contribution in [1.29, 1.82) is 0 Å². The molecule has 2 atom stereocenters. The van der Waals surface area contributed by atoms with Crippen LogP contribution in [0.5, 0.6) is 0 Å². The zero-order chi connectivity index (χ0) is 13.2. The van der Waals surface area contributed by atoms with Crippen LogP contribution in [-0.2, 0) is 15.1 Å². The van der Waals surface area contributed by atoms with E-state index in [1.54, 1.807) is 0 Å². The number of nitrogens with zero attached hydrogens (tertiary/aromatic N) is 1. The number of carbonyl (C=O) groups is 2. The maximum atomic E-state index is 11.5. The Morgan fingerprint density at radius 2 is 2.11 bits per heavy atom. The van der Waals surface area contributed by atoms with E-state index in [1.165, 1.54) is 0 Å². The van der Waals surface area contributed by atoms with Gasteiger partial charge in [0.05, 0.1) is 6.04 Å². The standard InChI is InChI=1S/C14H18N2O2/c1-14(11-6-4-3-5-7-11)8-12(13(18)9-17)15-10-16(14)2/h3-7,9,12,15H,8,10H2,1-2H3. The van der Waals surface area contributed by atoms with Crippen molar-refractivity contribution in [2.45, 2.75) is 24.9 Å². The first-order chi connectivity index (χ1) is 8.58. The molecule has 0 radical (unpaired) electrons. The van der Waals surface area contributed by atoms with E-state index in [4.69, 9.17) is 0 Å². The molecule has 2 rings (SSSR count). The molecule has 0 aliphatic carbocycles. The number of rotatable bonds is 3. The Hall–Kier alpha value is -1.52. The van der Waals surface area contributed by atoms with Crippen LogP contribution in [0.1, 0.15) is 18.9 Å². The van der Waals surface area contributed by atoms with Crippen molar-refractivity contribution in [3.05, 3.63) is 35.9 Å². The summed E-state index contributed by atoms with van der Waals surface area (Å²) in [5.41, 5.74) is 0.938. The van der Waals surface area contributed by atoms with Gasteiger partial charge in [0.15, 0.2) is 6.29 Å². The van der Waals surface area contributed by atoms with Gasteiger partial charge in [-0.15, -0.1) is 0 Å². The van der Waals surface area contributed by atoms with Gasteiger partial charge in [-0.05, 0) is 26.0 Å². The van der Waals surface area contributed by atoms with Crippen LogP contribution < -0.4 is 5.32 Å². The number of benzene rings is 1. The summed E-state index contributed by atoms with van der Waals surface area (Å²) in [6.07, 6.45) is 1.01. The summed E-state index contributed by atoms with van der Waals surface area (Å²) < 4.78 is 0. The van der Waals surface area contributed by atoms with Gasteiger partial charge in [-0.2, -0.15) is 0 Å². The predicted octanol–water partition coefficient (Wildman–Crippen LogP) is 0.921. The highest BCUT2D eigenvalue weighted by Gasteiger charge is 2.39. The van der Waals surface area contributed by atoms with Crippen LogP contribution >= 0.6 is 0 Å². The van der Waals surface area contributed by atoms with Gasteiger partial charge >= 0.3 is 0 Å². The first-order valence-corrected chi connectivity index (χ1v) is 6.07. The van der Waals surface area contributed by atoms with Crippen LogP contribution in [0.15, 0.2) is 30.3 Å². The van der Waals surface area contributed by atoms with Crippen LogP contribution in [0.3, 0.4) is 0 Å². The van der Waals surface area contributed by atoms with Gasteiger partial charge in [-0.3, -0.25) is 19.8 Å². The molecule has 0 aromatic heterocycles. The number of nitrogens with one attached hydrogen (secondary N) is 1. The summed E-state index contributed by atoms with van der Waals surface area (Å²) in [6, 6.07) is 9.69. The molecule has 1 aliphatic rings. The molecule has 1 N–H and O–H groups in total. The molecule has 1 saturated heterocycles. The molecule has 1 aliphatic heterocycles. The summed E-state index contributed by atoms with van der Waals surface area (Å²) >= 11 is 0. The molecular weight excluding hydrogens is 228 g/mol. The third-order valence-corrected chi connectivity index (χ3v) is 3.87. The van der Waals surface area contributed by atoms with Crippen LogP contribution in [0.2, 0.25) is 0 Å². The van der Waals surface area contributed by atoms with Crippen LogP contribution in [0, 0.1) is 0 Å². The summed E-state index contributed by atoms with van der Waals surface area (Å²) in [5, 5.41) is 3.09. The number of ketones is 1. The molecule has 1 aromatic carbocycles.